The van der Waals surface area contributed by atoms with Gasteiger partial charge < -0.3 is 28.8 Å². The highest BCUT2D eigenvalue weighted by Crippen LogP contribution is 2.38. The van der Waals surface area contributed by atoms with Crippen LogP contribution in [0.15, 0.2) is 134 Å². The molecule has 0 aliphatic heterocycles. The molecule has 0 aliphatic rings. The summed E-state index contributed by atoms with van der Waals surface area (Å²) in [5, 5.41) is 13.8. The Bertz CT molecular complexity index is 1590. The third kappa shape index (κ3) is 52.5. The summed E-state index contributed by atoms with van der Waals surface area (Å²) in [4.78, 5) is 25.4. The van der Waals surface area contributed by atoms with Gasteiger partial charge in [0.05, 0.1) is 39.9 Å². The van der Waals surface area contributed by atoms with Crippen LogP contribution < -0.4 is 10.2 Å². The van der Waals surface area contributed by atoms with Gasteiger partial charge in [-0.05, 0) is 96.3 Å². The second kappa shape index (κ2) is 50.6. The number of hydrogen-bond acceptors (Lipinski definition) is 6. The van der Waals surface area contributed by atoms with Crippen molar-refractivity contribution >= 4 is 13.7 Å². The first-order chi connectivity index (χ1) is 34.0. The maximum Gasteiger partial charge on any atom is 0.268 e. The number of allylic oxidation sites excluding steroid dienone is 21. The van der Waals surface area contributed by atoms with Gasteiger partial charge in [0.25, 0.3) is 7.82 Å². The molecule has 1 amide bonds. The molecule has 398 valence electrons. The molecule has 8 nitrogen and oxygen atoms in total. The number of rotatable bonds is 48. The number of aliphatic hydroxyl groups is 1. The molecule has 0 saturated heterocycles. The van der Waals surface area contributed by atoms with E-state index in [1.807, 2.05) is 27.2 Å². The Morgan fingerprint density at radius 1 is 0.514 bits per heavy atom. The SMILES string of the molecule is CC/C=C\C/C=C\C/C=C\C/C=C\C/C=C\C/C=C\C/C=C\C/C=C\C/C=C\C/C=C\CCCCCCC(=O)NC(COP(=O)([O-])OCC[N+](C)(C)C)C(O)/C=C/CCCCCCCCCCCCC. The number of nitrogens with one attached hydrogen (secondary N) is 1. The number of phosphoric acid groups is 1. The molecular formula is C61H103N2O6P. The van der Waals surface area contributed by atoms with E-state index in [1.54, 1.807) is 6.08 Å². The van der Waals surface area contributed by atoms with Gasteiger partial charge in [0.2, 0.25) is 5.91 Å². The van der Waals surface area contributed by atoms with Crippen molar-refractivity contribution < 1.29 is 32.9 Å². The van der Waals surface area contributed by atoms with Gasteiger partial charge in [-0.15, -0.1) is 0 Å². The van der Waals surface area contributed by atoms with Crippen LogP contribution in [-0.4, -0.2) is 68.5 Å². The van der Waals surface area contributed by atoms with Crippen LogP contribution in [0.4, 0.5) is 0 Å². The van der Waals surface area contributed by atoms with E-state index in [4.69, 9.17) is 9.05 Å². The molecule has 0 bridgehead atoms. The minimum atomic E-state index is -4.61. The van der Waals surface area contributed by atoms with Crippen LogP contribution in [0.5, 0.6) is 0 Å². The van der Waals surface area contributed by atoms with Crippen LogP contribution in [0.3, 0.4) is 0 Å². The normalized spacial score (nSPS) is 15.0. The molecule has 0 rings (SSSR count). The first-order valence-electron chi connectivity index (χ1n) is 27.5. The Hall–Kier alpha value is -3.36. The van der Waals surface area contributed by atoms with Crippen molar-refractivity contribution in [2.45, 2.75) is 206 Å². The zero-order chi connectivity index (χ0) is 51.3. The van der Waals surface area contributed by atoms with Crippen LogP contribution in [0.2, 0.25) is 0 Å². The predicted octanol–water partition coefficient (Wildman–Crippen LogP) is 16.1. The maximum atomic E-state index is 12.9. The molecule has 70 heavy (non-hydrogen) atoms. The fourth-order valence-electron chi connectivity index (χ4n) is 7.06. The van der Waals surface area contributed by atoms with E-state index in [0.29, 0.717) is 17.4 Å². The second-order valence-electron chi connectivity index (χ2n) is 19.2. The molecule has 0 saturated carbocycles. The van der Waals surface area contributed by atoms with Gasteiger partial charge in [-0.2, -0.15) is 0 Å². The summed E-state index contributed by atoms with van der Waals surface area (Å²) in [6.45, 7) is 4.48. The first kappa shape index (κ1) is 66.6. The molecule has 0 fully saturated rings. The van der Waals surface area contributed by atoms with Crippen molar-refractivity contribution in [3.63, 3.8) is 0 Å². The monoisotopic (exact) mass is 991 g/mol. The van der Waals surface area contributed by atoms with Crippen LogP contribution in [0, 0.1) is 0 Å². The van der Waals surface area contributed by atoms with E-state index in [-0.39, 0.29) is 12.5 Å². The number of carbonyl (C=O) groups excluding carboxylic acids is 1. The Balaban J connectivity index is 4.27. The molecule has 3 atom stereocenters. The van der Waals surface area contributed by atoms with E-state index >= 15 is 0 Å². The van der Waals surface area contributed by atoms with Gasteiger partial charge in [0.15, 0.2) is 0 Å². The smallest absolute Gasteiger partial charge is 0.268 e. The number of phosphoric ester groups is 1. The van der Waals surface area contributed by atoms with Crippen molar-refractivity contribution in [2.24, 2.45) is 0 Å². The summed E-state index contributed by atoms with van der Waals surface area (Å²) in [5.41, 5.74) is 0. The van der Waals surface area contributed by atoms with Gasteiger partial charge in [-0.25, -0.2) is 0 Å². The van der Waals surface area contributed by atoms with E-state index in [2.05, 4.69) is 141 Å². The summed E-state index contributed by atoms with van der Waals surface area (Å²) in [6, 6.07) is -0.909. The molecule has 0 heterocycles. The van der Waals surface area contributed by atoms with Crippen LogP contribution >= 0.6 is 7.82 Å². The number of quaternary nitrogens is 1. The molecule has 2 N–H and O–H groups in total. The van der Waals surface area contributed by atoms with Gasteiger partial charge >= 0.3 is 0 Å². The van der Waals surface area contributed by atoms with Gasteiger partial charge in [0.1, 0.15) is 13.2 Å². The molecule has 9 heteroatoms. The Morgan fingerprint density at radius 2 is 0.871 bits per heavy atom. The molecule has 0 radical (unpaired) electrons. The highest BCUT2D eigenvalue weighted by atomic mass is 31.2. The minimum Gasteiger partial charge on any atom is -0.756 e. The van der Waals surface area contributed by atoms with Crippen molar-refractivity contribution in [3.05, 3.63) is 134 Å². The third-order valence-corrected chi connectivity index (χ3v) is 12.3. The summed E-state index contributed by atoms with van der Waals surface area (Å²) >= 11 is 0. The van der Waals surface area contributed by atoms with Gasteiger partial charge in [0, 0.05) is 6.42 Å². The summed E-state index contributed by atoms with van der Waals surface area (Å²) in [7, 11) is 1.22. The maximum absolute atomic E-state index is 12.9. The number of amides is 1. The average Bonchev–Trinajstić information content (AvgIpc) is 3.32. The zero-order valence-electron chi connectivity index (χ0n) is 45.2. The van der Waals surface area contributed by atoms with E-state index in [0.717, 1.165) is 116 Å². The van der Waals surface area contributed by atoms with Crippen molar-refractivity contribution in [2.75, 3.05) is 40.9 Å². The van der Waals surface area contributed by atoms with Crippen molar-refractivity contribution in [1.29, 1.82) is 0 Å². The van der Waals surface area contributed by atoms with Crippen LogP contribution in [0.25, 0.3) is 0 Å². The number of hydrogen-bond donors (Lipinski definition) is 2. The Kier molecular flexibility index (Phi) is 48.1. The van der Waals surface area contributed by atoms with Crippen molar-refractivity contribution in [1.82, 2.24) is 5.32 Å². The minimum absolute atomic E-state index is 0.0137. The average molecular weight is 991 g/mol. The van der Waals surface area contributed by atoms with E-state index in [9.17, 15) is 19.4 Å². The van der Waals surface area contributed by atoms with Gasteiger partial charge in [-0.3, -0.25) is 9.36 Å². The highest BCUT2D eigenvalue weighted by Gasteiger charge is 2.23. The molecule has 0 aromatic carbocycles. The Labute approximate surface area is 430 Å². The van der Waals surface area contributed by atoms with Crippen LogP contribution in [-0.2, 0) is 18.4 Å². The molecule has 0 spiro atoms. The highest BCUT2D eigenvalue weighted by molar-refractivity contribution is 7.45. The fourth-order valence-corrected chi connectivity index (χ4v) is 7.78. The standard InChI is InChI=1S/C61H103N2O6P/c1-6-8-10-12-14-16-18-20-21-22-23-24-25-26-27-28-29-30-31-32-33-34-35-36-37-38-39-40-41-43-45-47-49-51-53-55-61(65)62-59(58-69-70(66,67)68-57-56-63(3,4)5)60(64)54-52-50-48-46-44-42-19-17-15-13-11-9-7-2/h8,10,14,16,20-21,23-24,26-27,29-30,32-33,35-36,38-39,41,43,52,54,59-60,64H,6-7,9,11-13,15,17-19,22,25,28,31,34,37,40,42,44-51,53,55-58H2,1-5H3,(H-,62,65,66,67)/b10-8-,16-14-,21-20-,24-23-,27-26-,30-29-,33-32-,36-35-,39-38-,43-41-,54-52+. The fraction of sp³-hybridized carbons (Fsp3) is 0.623. The number of aliphatic hydroxyl groups excluding tert-OH is 1. The lowest BCUT2D eigenvalue weighted by Crippen LogP contribution is -2.45. The lowest BCUT2D eigenvalue weighted by Gasteiger charge is -2.29. The molecule has 3 unspecified atom stereocenters. The van der Waals surface area contributed by atoms with Gasteiger partial charge in [-0.1, -0.05) is 225 Å². The lowest BCUT2D eigenvalue weighted by molar-refractivity contribution is -0.870. The number of unbranched alkanes of at least 4 members (excludes halogenated alkanes) is 15. The van der Waals surface area contributed by atoms with Crippen molar-refractivity contribution in [3.8, 4) is 0 Å². The van der Waals surface area contributed by atoms with Crippen LogP contribution in [0.1, 0.15) is 194 Å². The quantitative estimate of drug-likeness (QED) is 0.0272. The molecule has 0 aliphatic carbocycles. The number of likely N-dealkylation sites (N-methyl/N-ethyl adjacent to an activating group) is 1. The van der Waals surface area contributed by atoms with E-state index in [1.165, 1.54) is 57.8 Å². The summed E-state index contributed by atoms with van der Waals surface area (Å²) in [5.74, 6) is -0.229. The predicted molar refractivity (Wildman–Crippen MR) is 302 cm³/mol. The summed E-state index contributed by atoms with van der Waals surface area (Å²) < 4.78 is 23.2. The zero-order valence-corrected chi connectivity index (χ0v) is 46.1. The largest absolute Gasteiger partial charge is 0.756 e. The number of nitrogens with zero attached hydrogens (tertiary/aromatic N) is 1. The molecule has 0 aromatic rings. The lowest BCUT2D eigenvalue weighted by atomic mass is 10.0. The molecular weight excluding hydrogens is 888 g/mol. The Morgan fingerprint density at radius 3 is 1.27 bits per heavy atom. The second-order valence-corrected chi connectivity index (χ2v) is 20.6. The number of carbonyl (C=O) groups is 1. The molecule has 0 aromatic heterocycles. The first-order valence-corrected chi connectivity index (χ1v) is 29.0. The third-order valence-electron chi connectivity index (χ3n) is 11.4. The summed E-state index contributed by atoms with van der Waals surface area (Å²) in [6.07, 6.45) is 76.6. The topological polar surface area (TPSA) is 108 Å². The van der Waals surface area contributed by atoms with E-state index < -0.39 is 26.6 Å².